The van der Waals surface area contributed by atoms with E-state index in [1.54, 1.807) is 0 Å². The highest BCUT2D eigenvalue weighted by atomic mass is 16.5. The summed E-state index contributed by atoms with van der Waals surface area (Å²) in [6.07, 6.45) is 3.93. The van der Waals surface area contributed by atoms with Gasteiger partial charge in [0.1, 0.15) is 0 Å². The maximum absolute atomic E-state index is 12.5. The number of nitrogens with one attached hydrogen (secondary N) is 1. The Morgan fingerprint density at radius 3 is 2.52 bits per heavy atom. The van der Waals surface area contributed by atoms with Gasteiger partial charge in [0.25, 0.3) is 0 Å². The second kappa shape index (κ2) is 8.94. The maximum atomic E-state index is 12.5. The van der Waals surface area contributed by atoms with E-state index >= 15 is 0 Å². The summed E-state index contributed by atoms with van der Waals surface area (Å²) in [7, 11) is 0. The maximum Gasteiger partial charge on any atom is 0.224 e. The SMILES string of the molecule is CCOc1ccc([C@H](C)NC(=O)Cc2ccc3c(c2)CCC3)cc1OCC. The Labute approximate surface area is 161 Å². The van der Waals surface area contributed by atoms with Crippen molar-refractivity contribution in [3.63, 3.8) is 0 Å². The molecule has 4 heteroatoms. The molecule has 0 spiro atoms. The highest BCUT2D eigenvalue weighted by Gasteiger charge is 2.15. The molecule has 27 heavy (non-hydrogen) atoms. The lowest BCUT2D eigenvalue weighted by molar-refractivity contribution is -0.121. The van der Waals surface area contributed by atoms with E-state index in [0.29, 0.717) is 19.6 Å². The zero-order valence-electron chi connectivity index (χ0n) is 16.5. The fourth-order valence-corrected chi connectivity index (χ4v) is 3.63. The monoisotopic (exact) mass is 367 g/mol. The van der Waals surface area contributed by atoms with Gasteiger partial charge in [-0.15, -0.1) is 0 Å². The van der Waals surface area contributed by atoms with Crippen LogP contribution in [0, 0.1) is 0 Å². The number of rotatable bonds is 8. The first-order chi connectivity index (χ1) is 13.1. The van der Waals surface area contributed by atoms with E-state index in [1.165, 1.54) is 24.0 Å². The number of aryl methyl sites for hydroxylation is 2. The number of ether oxygens (including phenoxy) is 2. The number of hydrogen-bond acceptors (Lipinski definition) is 3. The van der Waals surface area contributed by atoms with Crippen LogP contribution in [0.3, 0.4) is 0 Å². The molecule has 0 aromatic heterocycles. The van der Waals surface area contributed by atoms with Crippen molar-refractivity contribution in [2.24, 2.45) is 0 Å². The molecule has 0 saturated carbocycles. The summed E-state index contributed by atoms with van der Waals surface area (Å²) >= 11 is 0. The summed E-state index contributed by atoms with van der Waals surface area (Å²) in [6.45, 7) is 7.05. The van der Waals surface area contributed by atoms with Gasteiger partial charge in [-0.2, -0.15) is 0 Å². The summed E-state index contributed by atoms with van der Waals surface area (Å²) in [4.78, 5) is 12.5. The number of benzene rings is 2. The van der Waals surface area contributed by atoms with Crippen molar-refractivity contribution >= 4 is 5.91 Å². The van der Waals surface area contributed by atoms with Gasteiger partial charge in [0.2, 0.25) is 5.91 Å². The van der Waals surface area contributed by atoms with Crippen molar-refractivity contribution in [2.45, 2.75) is 52.5 Å². The van der Waals surface area contributed by atoms with Crippen LogP contribution in [0.15, 0.2) is 36.4 Å². The minimum absolute atomic E-state index is 0.0345. The Hall–Kier alpha value is -2.49. The molecule has 1 atom stereocenters. The topological polar surface area (TPSA) is 47.6 Å². The van der Waals surface area contributed by atoms with Gasteiger partial charge in [-0.05, 0) is 74.4 Å². The molecule has 0 radical (unpaired) electrons. The summed E-state index contributed by atoms with van der Waals surface area (Å²) in [5, 5.41) is 3.10. The third kappa shape index (κ3) is 4.82. The van der Waals surface area contributed by atoms with Crippen molar-refractivity contribution in [1.82, 2.24) is 5.32 Å². The van der Waals surface area contributed by atoms with Crippen molar-refractivity contribution in [1.29, 1.82) is 0 Å². The molecule has 0 fully saturated rings. The molecule has 0 aliphatic heterocycles. The molecule has 4 nitrogen and oxygen atoms in total. The average Bonchev–Trinajstić information content (AvgIpc) is 3.11. The van der Waals surface area contributed by atoms with Crippen LogP contribution in [-0.4, -0.2) is 19.1 Å². The molecule has 3 rings (SSSR count). The minimum Gasteiger partial charge on any atom is -0.490 e. The largest absolute Gasteiger partial charge is 0.490 e. The molecule has 144 valence electrons. The Balaban J connectivity index is 1.64. The second-order valence-electron chi connectivity index (χ2n) is 6.99. The van der Waals surface area contributed by atoms with E-state index in [1.807, 2.05) is 39.0 Å². The third-order valence-corrected chi connectivity index (χ3v) is 4.97. The average molecular weight is 367 g/mol. The van der Waals surface area contributed by atoms with E-state index in [9.17, 15) is 4.79 Å². The van der Waals surface area contributed by atoms with Crippen LogP contribution < -0.4 is 14.8 Å². The van der Waals surface area contributed by atoms with Gasteiger partial charge in [0.05, 0.1) is 25.7 Å². The van der Waals surface area contributed by atoms with Gasteiger partial charge in [-0.3, -0.25) is 4.79 Å². The Morgan fingerprint density at radius 2 is 1.74 bits per heavy atom. The second-order valence-corrected chi connectivity index (χ2v) is 6.99. The van der Waals surface area contributed by atoms with Crippen molar-refractivity contribution < 1.29 is 14.3 Å². The van der Waals surface area contributed by atoms with Gasteiger partial charge >= 0.3 is 0 Å². The zero-order valence-corrected chi connectivity index (χ0v) is 16.5. The summed E-state index contributed by atoms with van der Waals surface area (Å²) < 4.78 is 11.3. The number of carbonyl (C=O) groups is 1. The number of fused-ring (bicyclic) bond motifs is 1. The predicted molar refractivity (Wildman–Crippen MR) is 108 cm³/mol. The number of hydrogen-bond donors (Lipinski definition) is 1. The van der Waals surface area contributed by atoms with E-state index in [4.69, 9.17) is 9.47 Å². The molecule has 0 heterocycles. The van der Waals surface area contributed by atoms with Gasteiger partial charge in [0.15, 0.2) is 11.5 Å². The normalized spacial score (nSPS) is 13.7. The number of carbonyl (C=O) groups excluding carboxylic acids is 1. The van der Waals surface area contributed by atoms with E-state index < -0.39 is 0 Å². The van der Waals surface area contributed by atoms with Crippen LogP contribution in [-0.2, 0) is 24.1 Å². The molecular weight excluding hydrogens is 338 g/mol. The smallest absolute Gasteiger partial charge is 0.224 e. The standard InChI is InChI=1S/C23H29NO3/c1-4-26-21-12-11-19(15-22(21)27-5-2)16(3)24-23(25)14-17-9-10-18-7-6-8-20(18)13-17/h9-13,15-16H,4-8,14H2,1-3H3,(H,24,25)/t16-/m0/s1. The summed E-state index contributed by atoms with van der Waals surface area (Å²) in [6, 6.07) is 12.2. The molecule has 1 aliphatic rings. The molecule has 1 amide bonds. The first-order valence-electron chi connectivity index (χ1n) is 9.90. The lowest BCUT2D eigenvalue weighted by Crippen LogP contribution is -2.28. The van der Waals surface area contributed by atoms with E-state index in [2.05, 4.69) is 23.5 Å². The predicted octanol–water partition coefficient (Wildman–Crippen LogP) is 4.39. The first-order valence-corrected chi connectivity index (χ1v) is 9.90. The van der Waals surface area contributed by atoms with Crippen molar-refractivity contribution in [3.8, 4) is 11.5 Å². The van der Waals surface area contributed by atoms with Crippen molar-refractivity contribution in [2.75, 3.05) is 13.2 Å². The Bertz CT molecular complexity index is 800. The molecule has 1 aliphatic carbocycles. The molecule has 0 saturated heterocycles. The first kappa shape index (κ1) is 19.3. The van der Waals surface area contributed by atoms with Gasteiger partial charge in [-0.1, -0.05) is 24.3 Å². The number of amides is 1. The fourth-order valence-electron chi connectivity index (χ4n) is 3.63. The Morgan fingerprint density at radius 1 is 1.00 bits per heavy atom. The van der Waals surface area contributed by atoms with Crippen LogP contribution in [0.25, 0.3) is 0 Å². The lowest BCUT2D eigenvalue weighted by Gasteiger charge is -2.18. The van der Waals surface area contributed by atoms with Gasteiger partial charge in [-0.25, -0.2) is 0 Å². The van der Waals surface area contributed by atoms with Gasteiger partial charge in [0, 0.05) is 0 Å². The fraction of sp³-hybridized carbons (Fsp3) is 0.435. The van der Waals surface area contributed by atoms with E-state index in [0.717, 1.165) is 29.0 Å². The van der Waals surface area contributed by atoms with Crippen LogP contribution in [0.2, 0.25) is 0 Å². The molecule has 1 N–H and O–H groups in total. The summed E-state index contributed by atoms with van der Waals surface area (Å²) in [5.41, 5.74) is 4.93. The molecule has 2 aromatic carbocycles. The third-order valence-electron chi connectivity index (χ3n) is 4.97. The van der Waals surface area contributed by atoms with Crippen LogP contribution in [0.1, 0.15) is 55.5 Å². The Kier molecular flexibility index (Phi) is 6.38. The molecule has 0 bridgehead atoms. The van der Waals surface area contributed by atoms with Gasteiger partial charge < -0.3 is 14.8 Å². The highest BCUT2D eigenvalue weighted by Crippen LogP contribution is 2.31. The quantitative estimate of drug-likeness (QED) is 0.753. The minimum atomic E-state index is -0.0955. The van der Waals surface area contributed by atoms with E-state index in [-0.39, 0.29) is 11.9 Å². The van der Waals surface area contributed by atoms with Crippen LogP contribution in [0.5, 0.6) is 11.5 Å². The molecule has 2 aromatic rings. The summed E-state index contributed by atoms with van der Waals surface area (Å²) in [5.74, 6) is 1.49. The lowest BCUT2D eigenvalue weighted by atomic mass is 10.0. The highest BCUT2D eigenvalue weighted by molar-refractivity contribution is 5.79. The van der Waals surface area contributed by atoms with Crippen LogP contribution in [0.4, 0.5) is 0 Å². The molecular formula is C23H29NO3. The molecule has 0 unspecified atom stereocenters. The zero-order chi connectivity index (χ0) is 19.2. The van der Waals surface area contributed by atoms with Crippen LogP contribution >= 0.6 is 0 Å². The van der Waals surface area contributed by atoms with Crippen molar-refractivity contribution in [3.05, 3.63) is 58.7 Å².